The SMILES string of the molecule is CCOC(=O)c1nc(N2CCC2)sc1C. The van der Waals surface area contributed by atoms with Crippen LogP contribution in [0.5, 0.6) is 0 Å². The van der Waals surface area contributed by atoms with E-state index in [0.717, 1.165) is 23.1 Å². The molecule has 1 aliphatic heterocycles. The van der Waals surface area contributed by atoms with Crippen molar-refractivity contribution in [2.75, 3.05) is 24.6 Å². The fourth-order valence-corrected chi connectivity index (χ4v) is 2.36. The minimum absolute atomic E-state index is 0.307. The van der Waals surface area contributed by atoms with E-state index in [1.807, 2.05) is 6.92 Å². The molecule has 0 aromatic carbocycles. The van der Waals surface area contributed by atoms with Gasteiger partial charge in [0.2, 0.25) is 0 Å². The molecule has 4 nitrogen and oxygen atoms in total. The summed E-state index contributed by atoms with van der Waals surface area (Å²) in [6.45, 7) is 6.21. The molecule has 1 saturated heterocycles. The van der Waals surface area contributed by atoms with Crippen LogP contribution in [0.3, 0.4) is 0 Å². The molecular formula is C10H14N2O2S. The highest BCUT2D eigenvalue weighted by atomic mass is 32.1. The Morgan fingerprint density at radius 3 is 2.87 bits per heavy atom. The molecule has 15 heavy (non-hydrogen) atoms. The van der Waals surface area contributed by atoms with Gasteiger partial charge >= 0.3 is 5.97 Å². The Balaban J connectivity index is 2.17. The third kappa shape index (κ3) is 1.97. The average Bonchev–Trinajstić information content (AvgIpc) is 2.44. The van der Waals surface area contributed by atoms with E-state index in [9.17, 15) is 4.79 Å². The number of carbonyl (C=O) groups is 1. The number of hydrogen-bond acceptors (Lipinski definition) is 5. The smallest absolute Gasteiger partial charge is 0.358 e. The summed E-state index contributed by atoms with van der Waals surface area (Å²) in [4.78, 5) is 19.0. The lowest BCUT2D eigenvalue weighted by Gasteiger charge is -2.30. The maximum Gasteiger partial charge on any atom is 0.358 e. The van der Waals surface area contributed by atoms with Crippen molar-refractivity contribution in [1.29, 1.82) is 0 Å². The van der Waals surface area contributed by atoms with E-state index >= 15 is 0 Å². The van der Waals surface area contributed by atoms with Crippen molar-refractivity contribution in [3.05, 3.63) is 10.6 Å². The summed E-state index contributed by atoms with van der Waals surface area (Å²) in [7, 11) is 0. The summed E-state index contributed by atoms with van der Waals surface area (Å²) in [5.74, 6) is -0.307. The number of hydrogen-bond donors (Lipinski definition) is 0. The standard InChI is InChI=1S/C10H14N2O2S/c1-3-14-9(13)8-7(2)15-10(11-8)12-5-4-6-12/h3-6H2,1-2H3. The van der Waals surface area contributed by atoms with Gasteiger partial charge < -0.3 is 9.64 Å². The maximum absolute atomic E-state index is 11.5. The number of carbonyl (C=O) groups excluding carboxylic acids is 1. The second-order valence-electron chi connectivity index (χ2n) is 3.46. The molecule has 1 aromatic rings. The molecule has 0 spiro atoms. The lowest BCUT2D eigenvalue weighted by atomic mass is 10.2. The third-order valence-electron chi connectivity index (χ3n) is 2.38. The van der Waals surface area contributed by atoms with Gasteiger partial charge in [0, 0.05) is 18.0 Å². The molecule has 0 amide bonds. The first-order valence-corrected chi connectivity index (χ1v) is 5.93. The second kappa shape index (κ2) is 4.18. The van der Waals surface area contributed by atoms with E-state index in [-0.39, 0.29) is 5.97 Å². The number of ether oxygens (including phenoxy) is 1. The largest absolute Gasteiger partial charge is 0.461 e. The number of rotatable bonds is 3. The molecule has 0 aliphatic carbocycles. The molecule has 0 bridgehead atoms. The first-order chi connectivity index (χ1) is 7.22. The molecule has 1 aliphatic rings. The van der Waals surface area contributed by atoms with Crippen molar-refractivity contribution < 1.29 is 9.53 Å². The van der Waals surface area contributed by atoms with Crippen molar-refractivity contribution in [3.63, 3.8) is 0 Å². The van der Waals surface area contributed by atoms with Crippen molar-refractivity contribution in [2.24, 2.45) is 0 Å². The third-order valence-corrected chi connectivity index (χ3v) is 3.41. The van der Waals surface area contributed by atoms with Gasteiger partial charge in [-0.2, -0.15) is 0 Å². The van der Waals surface area contributed by atoms with Crippen LogP contribution < -0.4 is 4.90 Å². The molecule has 1 fully saturated rings. The Bertz CT molecular complexity index is 371. The van der Waals surface area contributed by atoms with Crippen molar-refractivity contribution >= 4 is 22.4 Å². The van der Waals surface area contributed by atoms with Crippen LogP contribution in [0.25, 0.3) is 0 Å². The fraction of sp³-hybridized carbons (Fsp3) is 0.600. The van der Waals surface area contributed by atoms with Gasteiger partial charge in [0.1, 0.15) is 0 Å². The quantitative estimate of drug-likeness (QED) is 0.737. The van der Waals surface area contributed by atoms with E-state index in [1.165, 1.54) is 6.42 Å². The van der Waals surface area contributed by atoms with Gasteiger partial charge in [-0.3, -0.25) is 0 Å². The molecule has 0 N–H and O–H groups in total. The molecule has 82 valence electrons. The molecule has 2 heterocycles. The second-order valence-corrected chi connectivity index (χ2v) is 4.64. The Kier molecular flexibility index (Phi) is 2.90. The van der Waals surface area contributed by atoms with Gasteiger partial charge in [-0.05, 0) is 20.3 Å². The van der Waals surface area contributed by atoms with Crippen molar-refractivity contribution in [1.82, 2.24) is 4.98 Å². The van der Waals surface area contributed by atoms with Crippen LogP contribution in [0.2, 0.25) is 0 Å². The predicted octanol–water partition coefficient (Wildman–Crippen LogP) is 1.84. The molecule has 2 rings (SSSR count). The van der Waals surface area contributed by atoms with Crippen molar-refractivity contribution in [3.8, 4) is 0 Å². The molecule has 0 saturated carbocycles. The van der Waals surface area contributed by atoms with Crippen LogP contribution >= 0.6 is 11.3 Å². The average molecular weight is 226 g/mol. The number of esters is 1. The lowest BCUT2D eigenvalue weighted by Crippen LogP contribution is -2.36. The number of aromatic nitrogens is 1. The number of nitrogens with zero attached hydrogens (tertiary/aromatic N) is 2. The van der Waals surface area contributed by atoms with Crippen molar-refractivity contribution in [2.45, 2.75) is 20.3 Å². The first kappa shape index (κ1) is 10.4. The van der Waals surface area contributed by atoms with E-state index in [4.69, 9.17) is 4.74 Å². The van der Waals surface area contributed by atoms with E-state index < -0.39 is 0 Å². The minimum atomic E-state index is -0.307. The predicted molar refractivity (Wildman–Crippen MR) is 59.6 cm³/mol. The summed E-state index contributed by atoms with van der Waals surface area (Å²) in [6, 6.07) is 0. The van der Waals surface area contributed by atoms with E-state index in [2.05, 4.69) is 9.88 Å². The maximum atomic E-state index is 11.5. The monoisotopic (exact) mass is 226 g/mol. The van der Waals surface area contributed by atoms with Crippen LogP contribution in [0.15, 0.2) is 0 Å². The van der Waals surface area contributed by atoms with Gasteiger partial charge in [-0.25, -0.2) is 9.78 Å². The Morgan fingerprint density at radius 2 is 2.33 bits per heavy atom. The minimum Gasteiger partial charge on any atom is -0.461 e. The van der Waals surface area contributed by atoms with Crippen LogP contribution in [0, 0.1) is 6.92 Å². The Labute approximate surface area is 92.9 Å². The highest BCUT2D eigenvalue weighted by Crippen LogP contribution is 2.28. The normalized spacial score (nSPS) is 14.9. The summed E-state index contributed by atoms with van der Waals surface area (Å²) < 4.78 is 4.94. The summed E-state index contributed by atoms with van der Waals surface area (Å²) >= 11 is 1.57. The van der Waals surface area contributed by atoms with Gasteiger partial charge in [0.15, 0.2) is 10.8 Å². The molecule has 0 radical (unpaired) electrons. The summed E-state index contributed by atoms with van der Waals surface area (Å²) in [6.07, 6.45) is 1.22. The molecule has 1 aromatic heterocycles. The molecular weight excluding hydrogens is 212 g/mol. The fourth-order valence-electron chi connectivity index (χ4n) is 1.41. The van der Waals surface area contributed by atoms with Gasteiger partial charge in [-0.15, -0.1) is 11.3 Å². The highest BCUT2D eigenvalue weighted by Gasteiger charge is 2.22. The molecule has 0 unspecified atom stereocenters. The molecule has 5 heteroatoms. The van der Waals surface area contributed by atoms with E-state index in [1.54, 1.807) is 18.3 Å². The van der Waals surface area contributed by atoms with Crippen LogP contribution in [0.1, 0.15) is 28.7 Å². The first-order valence-electron chi connectivity index (χ1n) is 5.12. The van der Waals surface area contributed by atoms with Gasteiger partial charge in [0.25, 0.3) is 0 Å². The number of anilines is 1. The summed E-state index contributed by atoms with van der Waals surface area (Å²) in [5, 5.41) is 0.946. The lowest BCUT2D eigenvalue weighted by molar-refractivity contribution is 0.0519. The van der Waals surface area contributed by atoms with Crippen LogP contribution in [-0.4, -0.2) is 30.6 Å². The topological polar surface area (TPSA) is 42.4 Å². The zero-order valence-corrected chi connectivity index (χ0v) is 9.76. The Morgan fingerprint density at radius 1 is 1.60 bits per heavy atom. The Hall–Kier alpha value is -1.10. The van der Waals surface area contributed by atoms with Gasteiger partial charge in [0.05, 0.1) is 6.61 Å². The highest BCUT2D eigenvalue weighted by molar-refractivity contribution is 7.15. The number of aryl methyl sites for hydroxylation is 1. The molecule has 0 atom stereocenters. The zero-order valence-electron chi connectivity index (χ0n) is 8.95. The number of thiazole rings is 1. The van der Waals surface area contributed by atoms with Crippen LogP contribution in [0.4, 0.5) is 5.13 Å². The summed E-state index contributed by atoms with van der Waals surface area (Å²) in [5.41, 5.74) is 0.476. The van der Waals surface area contributed by atoms with E-state index in [0.29, 0.717) is 12.3 Å². The zero-order chi connectivity index (χ0) is 10.8. The van der Waals surface area contributed by atoms with Crippen LogP contribution in [-0.2, 0) is 4.74 Å². The van der Waals surface area contributed by atoms with Gasteiger partial charge in [-0.1, -0.05) is 0 Å².